The Balaban J connectivity index is 1.38. The summed E-state index contributed by atoms with van der Waals surface area (Å²) in [6, 6.07) is 11.8. The number of carbonyl (C=O) groups is 1. The van der Waals surface area contributed by atoms with Crippen LogP contribution in [0.5, 0.6) is 11.5 Å². The lowest BCUT2D eigenvalue weighted by Gasteiger charge is -2.17. The van der Waals surface area contributed by atoms with E-state index in [1.54, 1.807) is 12.1 Å². The highest BCUT2D eigenvalue weighted by atomic mass is 19.1. The molecule has 4 rings (SSSR count). The summed E-state index contributed by atoms with van der Waals surface area (Å²) >= 11 is 0. The van der Waals surface area contributed by atoms with E-state index in [2.05, 4.69) is 10.1 Å². The molecule has 3 aromatic rings. The Labute approximate surface area is 186 Å². The number of likely N-dealkylation sites (tertiary alicyclic amines) is 1. The summed E-state index contributed by atoms with van der Waals surface area (Å²) in [5, 5.41) is 4.05. The van der Waals surface area contributed by atoms with E-state index in [0.717, 1.165) is 17.1 Å². The minimum Gasteiger partial charge on any atom is -0.490 e. The molecule has 1 atom stereocenters. The molecule has 1 aromatic heterocycles. The van der Waals surface area contributed by atoms with Gasteiger partial charge in [0, 0.05) is 31.0 Å². The van der Waals surface area contributed by atoms with Gasteiger partial charge in [-0.1, -0.05) is 11.2 Å². The first-order valence-electron chi connectivity index (χ1n) is 10.8. The van der Waals surface area contributed by atoms with E-state index < -0.39 is 0 Å². The summed E-state index contributed by atoms with van der Waals surface area (Å²) in [5.74, 6) is 1.89. The van der Waals surface area contributed by atoms with Crippen molar-refractivity contribution in [1.29, 1.82) is 0 Å². The van der Waals surface area contributed by atoms with Gasteiger partial charge in [-0.15, -0.1) is 0 Å². The highest BCUT2D eigenvalue weighted by Crippen LogP contribution is 2.31. The van der Waals surface area contributed by atoms with Gasteiger partial charge in [-0.2, -0.15) is 4.98 Å². The molecule has 1 fully saturated rings. The molecule has 0 saturated carbocycles. The molecule has 8 heteroatoms. The zero-order chi connectivity index (χ0) is 22.5. The van der Waals surface area contributed by atoms with Crippen LogP contribution in [0.3, 0.4) is 0 Å². The Morgan fingerprint density at radius 2 is 1.84 bits per heavy atom. The maximum Gasteiger partial charge on any atom is 0.257 e. The van der Waals surface area contributed by atoms with Crippen LogP contribution >= 0.6 is 0 Å². The first-order chi connectivity index (χ1) is 15.6. The maximum atomic E-state index is 13.1. The second-order valence-corrected chi connectivity index (χ2v) is 7.60. The quantitative estimate of drug-likeness (QED) is 0.497. The topological polar surface area (TPSA) is 77.7 Å². The van der Waals surface area contributed by atoms with E-state index in [1.165, 1.54) is 12.1 Å². The molecule has 32 heavy (non-hydrogen) atoms. The molecule has 0 bridgehead atoms. The molecule has 7 nitrogen and oxygen atoms in total. The van der Waals surface area contributed by atoms with Gasteiger partial charge in [0.15, 0.2) is 17.3 Å². The fourth-order valence-electron chi connectivity index (χ4n) is 3.79. The summed E-state index contributed by atoms with van der Waals surface area (Å²) < 4.78 is 29.8. The average Bonchev–Trinajstić information content (AvgIpc) is 3.42. The molecule has 0 radical (unpaired) electrons. The van der Waals surface area contributed by atoms with E-state index in [0.29, 0.717) is 56.4 Å². The van der Waals surface area contributed by atoms with Crippen molar-refractivity contribution in [3.05, 3.63) is 59.7 Å². The lowest BCUT2D eigenvalue weighted by atomic mass is 10.1. The molecule has 2 heterocycles. The van der Waals surface area contributed by atoms with Crippen molar-refractivity contribution < 1.29 is 23.2 Å². The van der Waals surface area contributed by atoms with Crippen molar-refractivity contribution >= 4 is 5.91 Å². The molecule has 1 aliphatic rings. The van der Waals surface area contributed by atoms with Gasteiger partial charge < -0.3 is 18.9 Å². The minimum atomic E-state index is -0.327. The highest BCUT2D eigenvalue weighted by Gasteiger charge is 2.33. The zero-order valence-corrected chi connectivity index (χ0v) is 18.2. The highest BCUT2D eigenvalue weighted by molar-refractivity contribution is 5.79. The van der Waals surface area contributed by atoms with Gasteiger partial charge in [0.05, 0.1) is 13.2 Å². The molecule has 168 valence electrons. The Morgan fingerprint density at radius 3 is 2.59 bits per heavy atom. The van der Waals surface area contributed by atoms with Crippen molar-refractivity contribution in [3.63, 3.8) is 0 Å². The molecular formula is C24H26FN3O4. The van der Waals surface area contributed by atoms with Gasteiger partial charge in [0.25, 0.3) is 5.89 Å². The van der Waals surface area contributed by atoms with Gasteiger partial charge in [0.1, 0.15) is 5.82 Å². The Hall–Kier alpha value is -3.42. The Morgan fingerprint density at radius 1 is 1.09 bits per heavy atom. The number of carbonyl (C=O) groups excluding carboxylic acids is 1. The van der Waals surface area contributed by atoms with Crippen molar-refractivity contribution in [2.45, 2.75) is 32.6 Å². The zero-order valence-electron chi connectivity index (χ0n) is 18.2. The Kier molecular flexibility index (Phi) is 6.68. The van der Waals surface area contributed by atoms with Crippen LogP contribution in [0.2, 0.25) is 0 Å². The third-order valence-electron chi connectivity index (χ3n) is 5.39. The molecule has 1 unspecified atom stereocenters. The van der Waals surface area contributed by atoms with Crippen LogP contribution in [0.15, 0.2) is 47.0 Å². The molecule has 0 N–H and O–H groups in total. The van der Waals surface area contributed by atoms with Crippen LogP contribution in [-0.4, -0.2) is 47.3 Å². The third kappa shape index (κ3) is 4.90. The second-order valence-electron chi connectivity index (χ2n) is 7.60. The Bertz CT molecular complexity index is 1070. The van der Waals surface area contributed by atoms with Gasteiger partial charge in [0.2, 0.25) is 5.91 Å². The van der Waals surface area contributed by atoms with Gasteiger partial charge in [-0.25, -0.2) is 4.39 Å². The average molecular weight is 439 g/mol. The van der Waals surface area contributed by atoms with Crippen LogP contribution in [0.4, 0.5) is 4.39 Å². The third-order valence-corrected chi connectivity index (χ3v) is 5.39. The molecule has 1 aliphatic heterocycles. The lowest BCUT2D eigenvalue weighted by molar-refractivity contribution is -0.127. The van der Waals surface area contributed by atoms with E-state index in [9.17, 15) is 9.18 Å². The number of amides is 1. The molecule has 1 amide bonds. The predicted octanol–water partition coefficient (Wildman–Crippen LogP) is 4.23. The number of ether oxygens (including phenoxy) is 2. The molecular weight excluding hydrogens is 413 g/mol. The van der Waals surface area contributed by atoms with Crippen molar-refractivity contribution in [3.8, 4) is 23.0 Å². The molecule has 1 saturated heterocycles. The standard InChI is InChI=1S/C24H26FN3O4/c1-3-30-20-10-5-16(13-21(20)31-4-2)11-12-28-15-18(14-22(28)29)23-26-24(32-27-23)17-6-8-19(25)9-7-17/h5-10,13,18H,3-4,11-12,14-15H2,1-2H3. The monoisotopic (exact) mass is 439 g/mol. The van der Waals surface area contributed by atoms with E-state index in [-0.39, 0.29) is 17.6 Å². The number of aromatic nitrogens is 2. The van der Waals surface area contributed by atoms with Gasteiger partial charge in [-0.05, 0) is 62.2 Å². The lowest BCUT2D eigenvalue weighted by Crippen LogP contribution is -2.27. The molecule has 0 aliphatic carbocycles. The van der Waals surface area contributed by atoms with Crippen molar-refractivity contribution in [1.82, 2.24) is 15.0 Å². The number of rotatable bonds is 9. The minimum absolute atomic E-state index is 0.0686. The second kappa shape index (κ2) is 9.80. The number of benzene rings is 2. The smallest absolute Gasteiger partial charge is 0.257 e. The van der Waals surface area contributed by atoms with Crippen LogP contribution in [0.1, 0.15) is 37.6 Å². The summed E-state index contributed by atoms with van der Waals surface area (Å²) in [5.41, 5.74) is 1.72. The first-order valence-corrected chi connectivity index (χ1v) is 10.8. The fraction of sp³-hybridized carbons (Fsp3) is 0.375. The SMILES string of the molecule is CCOc1ccc(CCN2CC(c3noc(-c4ccc(F)cc4)n3)CC2=O)cc1OCC. The van der Waals surface area contributed by atoms with Gasteiger partial charge >= 0.3 is 0 Å². The summed E-state index contributed by atoms with van der Waals surface area (Å²) in [4.78, 5) is 18.8. The van der Waals surface area contributed by atoms with E-state index >= 15 is 0 Å². The van der Waals surface area contributed by atoms with Crippen LogP contribution in [0, 0.1) is 5.82 Å². The largest absolute Gasteiger partial charge is 0.490 e. The van der Waals surface area contributed by atoms with E-state index in [4.69, 9.17) is 14.0 Å². The number of halogens is 1. The fourth-order valence-corrected chi connectivity index (χ4v) is 3.79. The predicted molar refractivity (Wildman–Crippen MR) is 116 cm³/mol. The summed E-state index contributed by atoms with van der Waals surface area (Å²) in [6.45, 7) is 6.13. The van der Waals surface area contributed by atoms with Crippen molar-refractivity contribution in [2.24, 2.45) is 0 Å². The number of hydrogen-bond donors (Lipinski definition) is 0. The normalized spacial score (nSPS) is 15.9. The van der Waals surface area contributed by atoms with E-state index in [1.807, 2.05) is 36.9 Å². The first kappa shape index (κ1) is 21.8. The number of nitrogens with zero attached hydrogens (tertiary/aromatic N) is 3. The van der Waals surface area contributed by atoms with Crippen molar-refractivity contribution in [2.75, 3.05) is 26.3 Å². The van der Waals surface area contributed by atoms with Crippen LogP contribution in [-0.2, 0) is 11.2 Å². The molecule has 0 spiro atoms. The van der Waals surface area contributed by atoms with Crippen LogP contribution in [0.25, 0.3) is 11.5 Å². The number of hydrogen-bond acceptors (Lipinski definition) is 6. The summed E-state index contributed by atoms with van der Waals surface area (Å²) in [6.07, 6.45) is 1.05. The maximum absolute atomic E-state index is 13.1. The van der Waals surface area contributed by atoms with Gasteiger partial charge in [-0.3, -0.25) is 4.79 Å². The van der Waals surface area contributed by atoms with Crippen LogP contribution < -0.4 is 9.47 Å². The molecule has 2 aromatic carbocycles. The summed E-state index contributed by atoms with van der Waals surface area (Å²) in [7, 11) is 0.